The molecular formula is C16H27BrN2O. The summed E-state index contributed by atoms with van der Waals surface area (Å²) in [4.78, 5) is 2.38. The molecule has 0 amide bonds. The first-order chi connectivity index (χ1) is 9.49. The topological polar surface area (TPSA) is 24.5 Å². The Morgan fingerprint density at radius 2 is 2.00 bits per heavy atom. The molecule has 0 saturated carbocycles. The average Bonchev–Trinajstić information content (AvgIpc) is 2.42. The minimum Gasteiger partial charge on any atom is -0.383 e. The van der Waals surface area contributed by atoms with Gasteiger partial charge in [-0.25, -0.2) is 0 Å². The van der Waals surface area contributed by atoms with E-state index in [0.29, 0.717) is 12.0 Å². The predicted molar refractivity (Wildman–Crippen MR) is 90.5 cm³/mol. The minimum absolute atomic E-state index is 0.359. The summed E-state index contributed by atoms with van der Waals surface area (Å²) < 4.78 is 6.37. The molecule has 1 rings (SSSR count). The van der Waals surface area contributed by atoms with E-state index in [9.17, 15) is 0 Å². The number of ether oxygens (including phenoxy) is 1. The summed E-state index contributed by atoms with van der Waals surface area (Å²) in [6.07, 6.45) is 0. The lowest BCUT2D eigenvalue weighted by molar-refractivity contribution is 0.204. The van der Waals surface area contributed by atoms with Crippen LogP contribution in [0.3, 0.4) is 0 Å². The number of nitrogens with zero attached hydrogens (tertiary/aromatic N) is 1. The highest BCUT2D eigenvalue weighted by atomic mass is 79.9. The van der Waals surface area contributed by atoms with Crippen molar-refractivity contribution in [1.82, 2.24) is 5.32 Å². The van der Waals surface area contributed by atoms with Gasteiger partial charge in [0.2, 0.25) is 0 Å². The van der Waals surface area contributed by atoms with Gasteiger partial charge in [0, 0.05) is 30.7 Å². The van der Waals surface area contributed by atoms with E-state index >= 15 is 0 Å². The van der Waals surface area contributed by atoms with Gasteiger partial charge in [0.1, 0.15) is 0 Å². The van der Waals surface area contributed by atoms with Crippen LogP contribution in [0.4, 0.5) is 5.69 Å². The third-order valence-corrected chi connectivity index (χ3v) is 4.03. The number of anilines is 1. The third-order valence-electron chi connectivity index (χ3n) is 3.40. The largest absolute Gasteiger partial charge is 0.383 e. The van der Waals surface area contributed by atoms with E-state index in [4.69, 9.17) is 4.74 Å². The van der Waals surface area contributed by atoms with E-state index in [1.165, 1.54) is 11.3 Å². The number of rotatable bonds is 8. The average molecular weight is 343 g/mol. The molecule has 1 aromatic rings. The van der Waals surface area contributed by atoms with Crippen LogP contribution in [0.15, 0.2) is 22.7 Å². The number of methoxy groups -OCH3 is 1. The second-order valence-electron chi connectivity index (χ2n) is 5.55. The van der Waals surface area contributed by atoms with Crippen molar-refractivity contribution in [2.24, 2.45) is 5.92 Å². The van der Waals surface area contributed by atoms with E-state index in [1.54, 1.807) is 7.11 Å². The Balaban J connectivity index is 2.95. The molecule has 1 N–H and O–H groups in total. The highest BCUT2D eigenvalue weighted by Gasteiger charge is 2.13. The predicted octanol–water partition coefficient (Wildman–Crippen LogP) is 3.84. The van der Waals surface area contributed by atoms with Crippen LogP contribution in [0.5, 0.6) is 0 Å². The number of hydrogen-bond acceptors (Lipinski definition) is 3. The molecule has 0 aliphatic rings. The Morgan fingerprint density at radius 1 is 1.30 bits per heavy atom. The fourth-order valence-corrected chi connectivity index (χ4v) is 2.82. The number of nitrogens with one attached hydrogen (secondary N) is 1. The molecule has 0 aliphatic heterocycles. The number of halogens is 1. The molecule has 0 spiro atoms. The standard InChI is InChI=1S/C16H27BrN2O/c1-12(2)11-19(8-9-20-5)16-7-6-14(10-15(16)17)13(3)18-4/h6-7,10,12-13,18H,8-9,11H2,1-5H3. The molecule has 0 heterocycles. The summed E-state index contributed by atoms with van der Waals surface area (Å²) in [5.41, 5.74) is 2.53. The molecule has 0 aliphatic carbocycles. The monoisotopic (exact) mass is 342 g/mol. The molecule has 0 aromatic heterocycles. The van der Waals surface area contributed by atoms with Crippen LogP contribution in [0.25, 0.3) is 0 Å². The van der Waals surface area contributed by atoms with Crippen LogP contribution in [-0.4, -0.2) is 33.9 Å². The summed E-state index contributed by atoms with van der Waals surface area (Å²) in [5.74, 6) is 0.620. The highest BCUT2D eigenvalue weighted by molar-refractivity contribution is 9.10. The zero-order chi connectivity index (χ0) is 15.1. The fourth-order valence-electron chi connectivity index (χ4n) is 2.17. The summed E-state index contributed by atoms with van der Waals surface area (Å²) in [6.45, 7) is 9.33. The second-order valence-corrected chi connectivity index (χ2v) is 6.41. The van der Waals surface area contributed by atoms with Crippen LogP contribution in [0.1, 0.15) is 32.4 Å². The van der Waals surface area contributed by atoms with Crippen molar-refractivity contribution in [2.75, 3.05) is 38.8 Å². The summed E-state index contributed by atoms with van der Waals surface area (Å²) in [6, 6.07) is 6.96. The Kier molecular flexibility index (Phi) is 7.56. The maximum Gasteiger partial charge on any atom is 0.0637 e. The molecule has 1 aromatic carbocycles. The van der Waals surface area contributed by atoms with Gasteiger partial charge < -0.3 is 15.0 Å². The van der Waals surface area contributed by atoms with Gasteiger partial charge in [-0.15, -0.1) is 0 Å². The molecule has 0 bridgehead atoms. The number of hydrogen-bond donors (Lipinski definition) is 1. The van der Waals surface area contributed by atoms with Gasteiger partial charge in [-0.3, -0.25) is 0 Å². The van der Waals surface area contributed by atoms with Gasteiger partial charge in [0.25, 0.3) is 0 Å². The van der Waals surface area contributed by atoms with Gasteiger partial charge in [-0.1, -0.05) is 19.9 Å². The van der Waals surface area contributed by atoms with Crippen LogP contribution < -0.4 is 10.2 Å². The Hall–Kier alpha value is -0.580. The fraction of sp³-hybridized carbons (Fsp3) is 0.625. The Labute approximate surface area is 131 Å². The molecule has 0 saturated heterocycles. The van der Waals surface area contributed by atoms with Gasteiger partial charge in [0.15, 0.2) is 0 Å². The van der Waals surface area contributed by atoms with E-state index in [-0.39, 0.29) is 0 Å². The second kappa shape index (κ2) is 8.65. The lowest BCUT2D eigenvalue weighted by Crippen LogP contribution is -2.31. The van der Waals surface area contributed by atoms with E-state index in [0.717, 1.165) is 24.2 Å². The lowest BCUT2D eigenvalue weighted by atomic mass is 10.1. The molecule has 0 fully saturated rings. The van der Waals surface area contributed by atoms with Crippen LogP contribution in [0.2, 0.25) is 0 Å². The molecular weight excluding hydrogens is 316 g/mol. The molecule has 4 heteroatoms. The van der Waals surface area contributed by atoms with E-state index in [2.05, 4.69) is 65.1 Å². The van der Waals surface area contributed by atoms with Gasteiger partial charge >= 0.3 is 0 Å². The lowest BCUT2D eigenvalue weighted by Gasteiger charge is -2.28. The maximum atomic E-state index is 5.23. The van der Waals surface area contributed by atoms with Crippen molar-refractivity contribution in [3.8, 4) is 0 Å². The van der Waals surface area contributed by atoms with Crippen molar-refractivity contribution in [1.29, 1.82) is 0 Å². The zero-order valence-corrected chi connectivity index (χ0v) is 14.8. The SMILES string of the molecule is CNC(C)c1ccc(N(CCOC)CC(C)C)c(Br)c1. The molecule has 1 unspecified atom stereocenters. The molecule has 3 nitrogen and oxygen atoms in total. The van der Waals surface area contributed by atoms with Crippen LogP contribution in [0, 0.1) is 5.92 Å². The van der Waals surface area contributed by atoms with E-state index in [1.807, 2.05) is 7.05 Å². The van der Waals surface area contributed by atoms with Crippen molar-refractivity contribution < 1.29 is 4.74 Å². The summed E-state index contributed by atoms with van der Waals surface area (Å²) in [5, 5.41) is 3.27. The molecule has 20 heavy (non-hydrogen) atoms. The smallest absolute Gasteiger partial charge is 0.0637 e. The van der Waals surface area contributed by atoms with Gasteiger partial charge in [0.05, 0.1) is 12.3 Å². The quantitative estimate of drug-likeness (QED) is 0.776. The first-order valence-electron chi connectivity index (χ1n) is 7.20. The minimum atomic E-state index is 0.359. The molecule has 1 atom stereocenters. The Bertz CT molecular complexity index is 409. The highest BCUT2D eigenvalue weighted by Crippen LogP contribution is 2.29. The van der Waals surface area contributed by atoms with Crippen molar-refractivity contribution in [3.63, 3.8) is 0 Å². The molecule has 0 radical (unpaired) electrons. The Morgan fingerprint density at radius 3 is 2.50 bits per heavy atom. The first kappa shape index (κ1) is 17.5. The summed E-state index contributed by atoms with van der Waals surface area (Å²) >= 11 is 3.72. The van der Waals surface area contributed by atoms with Crippen LogP contribution >= 0.6 is 15.9 Å². The van der Waals surface area contributed by atoms with Gasteiger partial charge in [-0.05, 0) is 53.5 Å². The third kappa shape index (κ3) is 5.08. The van der Waals surface area contributed by atoms with Crippen molar-refractivity contribution >= 4 is 21.6 Å². The van der Waals surface area contributed by atoms with E-state index < -0.39 is 0 Å². The zero-order valence-electron chi connectivity index (χ0n) is 13.2. The van der Waals surface area contributed by atoms with Crippen molar-refractivity contribution in [2.45, 2.75) is 26.8 Å². The van der Waals surface area contributed by atoms with Gasteiger partial charge in [-0.2, -0.15) is 0 Å². The molecule has 114 valence electrons. The van der Waals surface area contributed by atoms with Crippen molar-refractivity contribution in [3.05, 3.63) is 28.2 Å². The van der Waals surface area contributed by atoms with Crippen LogP contribution in [-0.2, 0) is 4.74 Å². The maximum absolute atomic E-state index is 5.23. The number of benzene rings is 1. The normalized spacial score (nSPS) is 12.8. The first-order valence-corrected chi connectivity index (χ1v) is 7.99. The summed E-state index contributed by atoms with van der Waals surface area (Å²) in [7, 11) is 3.73.